The van der Waals surface area contributed by atoms with Crippen LogP contribution >= 0.6 is 0 Å². The maximum atomic E-state index is 12.2. The van der Waals surface area contributed by atoms with Crippen LogP contribution < -0.4 is 15.4 Å². The van der Waals surface area contributed by atoms with E-state index in [0.717, 1.165) is 16.8 Å². The maximum absolute atomic E-state index is 12.2. The van der Waals surface area contributed by atoms with Crippen LogP contribution in [0.25, 0.3) is 0 Å². The molecule has 3 rings (SSSR count). The molecule has 0 saturated carbocycles. The molecule has 0 saturated heterocycles. The Bertz CT molecular complexity index is 984. The fourth-order valence-electron chi connectivity index (χ4n) is 2.75. The van der Waals surface area contributed by atoms with Crippen molar-refractivity contribution in [2.24, 2.45) is 0 Å². The average molecular weight is 374 g/mol. The number of carbonyl (C=O) groups excluding carboxylic acids is 2. The zero-order chi connectivity index (χ0) is 19.9. The normalized spacial score (nSPS) is 10.2. The van der Waals surface area contributed by atoms with Crippen LogP contribution in [0.15, 0.2) is 72.8 Å². The topological polar surface area (TPSA) is 67.4 Å². The van der Waals surface area contributed by atoms with Crippen LogP contribution in [0, 0.1) is 13.8 Å². The van der Waals surface area contributed by atoms with E-state index in [1.807, 2.05) is 50.2 Å². The van der Waals surface area contributed by atoms with Gasteiger partial charge in [0.15, 0.2) is 6.61 Å². The Morgan fingerprint density at radius 3 is 2.39 bits per heavy atom. The number of nitrogens with one attached hydrogen (secondary N) is 2. The molecule has 0 fully saturated rings. The van der Waals surface area contributed by atoms with E-state index in [-0.39, 0.29) is 18.4 Å². The van der Waals surface area contributed by atoms with Gasteiger partial charge in [0, 0.05) is 23.0 Å². The van der Waals surface area contributed by atoms with Crippen molar-refractivity contribution in [3.63, 3.8) is 0 Å². The lowest BCUT2D eigenvalue weighted by Gasteiger charge is -2.11. The van der Waals surface area contributed by atoms with Crippen LogP contribution in [-0.4, -0.2) is 18.4 Å². The second-order valence-electron chi connectivity index (χ2n) is 6.50. The molecule has 0 spiro atoms. The van der Waals surface area contributed by atoms with Crippen molar-refractivity contribution in [3.8, 4) is 5.75 Å². The lowest BCUT2D eigenvalue weighted by Crippen LogP contribution is -2.20. The molecule has 0 heterocycles. The summed E-state index contributed by atoms with van der Waals surface area (Å²) in [5.74, 6) is 0.0534. The Morgan fingerprint density at radius 2 is 1.64 bits per heavy atom. The molecule has 0 aromatic heterocycles. The lowest BCUT2D eigenvalue weighted by atomic mass is 10.1. The molecular formula is C23H22N2O3. The largest absolute Gasteiger partial charge is 0.484 e. The van der Waals surface area contributed by atoms with Crippen LogP contribution in [0.4, 0.5) is 11.4 Å². The molecule has 0 unspecified atom stereocenters. The Morgan fingerprint density at radius 1 is 0.857 bits per heavy atom. The van der Waals surface area contributed by atoms with E-state index in [9.17, 15) is 9.59 Å². The number of aryl methyl sites for hydroxylation is 2. The van der Waals surface area contributed by atoms with Gasteiger partial charge in [0.2, 0.25) is 0 Å². The van der Waals surface area contributed by atoms with Crippen molar-refractivity contribution in [2.75, 3.05) is 17.2 Å². The molecule has 142 valence electrons. The number of ether oxygens (including phenoxy) is 1. The highest BCUT2D eigenvalue weighted by Gasteiger charge is 2.08. The Kier molecular flexibility index (Phi) is 6.07. The Hall–Kier alpha value is -3.60. The zero-order valence-electron chi connectivity index (χ0n) is 15.9. The van der Waals surface area contributed by atoms with Crippen molar-refractivity contribution in [3.05, 3.63) is 89.5 Å². The highest BCUT2D eigenvalue weighted by molar-refractivity contribution is 6.04. The van der Waals surface area contributed by atoms with Gasteiger partial charge >= 0.3 is 0 Å². The summed E-state index contributed by atoms with van der Waals surface area (Å²) < 4.78 is 5.57. The van der Waals surface area contributed by atoms with Gasteiger partial charge in [-0.15, -0.1) is 0 Å². The summed E-state index contributed by atoms with van der Waals surface area (Å²) in [6, 6.07) is 21.7. The molecular weight excluding hydrogens is 352 g/mol. The molecule has 3 aromatic rings. The number of hydrogen-bond donors (Lipinski definition) is 2. The molecule has 3 aromatic carbocycles. The minimum absolute atomic E-state index is 0.122. The highest BCUT2D eigenvalue weighted by Crippen LogP contribution is 2.19. The molecule has 0 aliphatic heterocycles. The van der Waals surface area contributed by atoms with Crippen molar-refractivity contribution in [2.45, 2.75) is 13.8 Å². The van der Waals surface area contributed by atoms with E-state index < -0.39 is 0 Å². The quantitative estimate of drug-likeness (QED) is 0.664. The van der Waals surface area contributed by atoms with E-state index in [0.29, 0.717) is 17.0 Å². The second kappa shape index (κ2) is 8.86. The van der Waals surface area contributed by atoms with Gasteiger partial charge in [0.1, 0.15) is 5.75 Å². The van der Waals surface area contributed by atoms with Gasteiger partial charge in [-0.1, -0.05) is 42.0 Å². The summed E-state index contributed by atoms with van der Waals surface area (Å²) in [6.07, 6.45) is 0. The molecule has 5 nitrogen and oxygen atoms in total. The third-order valence-corrected chi connectivity index (χ3v) is 4.15. The van der Waals surface area contributed by atoms with Gasteiger partial charge in [-0.25, -0.2) is 0 Å². The van der Waals surface area contributed by atoms with Gasteiger partial charge in [0.25, 0.3) is 11.8 Å². The third-order valence-electron chi connectivity index (χ3n) is 4.15. The smallest absolute Gasteiger partial charge is 0.262 e. The van der Waals surface area contributed by atoms with Crippen molar-refractivity contribution in [1.29, 1.82) is 0 Å². The van der Waals surface area contributed by atoms with Crippen LogP contribution in [-0.2, 0) is 4.79 Å². The third kappa shape index (κ3) is 5.20. The van der Waals surface area contributed by atoms with Gasteiger partial charge in [0.05, 0.1) is 0 Å². The minimum atomic E-state index is -0.245. The number of hydrogen-bond acceptors (Lipinski definition) is 3. The Labute approximate surface area is 164 Å². The molecule has 0 radical (unpaired) electrons. The number of rotatable bonds is 6. The fraction of sp³-hybridized carbons (Fsp3) is 0.130. The molecule has 0 aliphatic rings. The molecule has 2 N–H and O–H groups in total. The van der Waals surface area contributed by atoms with Crippen molar-refractivity contribution >= 4 is 23.2 Å². The predicted molar refractivity (Wildman–Crippen MR) is 111 cm³/mol. The zero-order valence-corrected chi connectivity index (χ0v) is 15.9. The average Bonchev–Trinajstić information content (AvgIpc) is 2.69. The monoisotopic (exact) mass is 374 g/mol. The molecule has 5 heteroatoms. The van der Waals surface area contributed by atoms with E-state index in [1.165, 1.54) is 0 Å². The molecule has 0 bridgehead atoms. The molecule has 0 atom stereocenters. The number of anilines is 2. The minimum Gasteiger partial charge on any atom is -0.484 e. The summed E-state index contributed by atoms with van der Waals surface area (Å²) in [5, 5.41) is 5.66. The van der Waals surface area contributed by atoms with Crippen LogP contribution in [0.2, 0.25) is 0 Å². The van der Waals surface area contributed by atoms with Crippen molar-refractivity contribution < 1.29 is 14.3 Å². The summed E-state index contributed by atoms with van der Waals surface area (Å²) in [5.41, 5.74) is 4.07. The first-order valence-corrected chi connectivity index (χ1v) is 8.97. The van der Waals surface area contributed by atoms with Crippen molar-refractivity contribution in [1.82, 2.24) is 0 Å². The summed E-state index contributed by atoms with van der Waals surface area (Å²) >= 11 is 0. The highest BCUT2D eigenvalue weighted by atomic mass is 16.5. The van der Waals surface area contributed by atoms with E-state index in [1.54, 1.807) is 36.4 Å². The molecule has 0 aliphatic carbocycles. The first-order valence-electron chi connectivity index (χ1n) is 8.97. The van der Waals surface area contributed by atoms with Gasteiger partial charge < -0.3 is 15.4 Å². The van der Waals surface area contributed by atoms with Gasteiger partial charge in [-0.2, -0.15) is 0 Å². The summed E-state index contributed by atoms with van der Waals surface area (Å²) in [6.45, 7) is 3.83. The van der Waals surface area contributed by atoms with E-state index >= 15 is 0 Å². The molecule has 2 amide bonds. The van der Waals surface area contributed by atoms with Crippen LogP contribution in [0.1, 0.15) is 21.5 Å². The Balaban J connectivity index is 1.57. The van der Waals surface area contributed by atoms with Crippen LogP contribution in [0.3, 0.4) is 0 Å². The number of amides is 2. The SMILES string of the molecule is Cc1ccc(NC(=O)COc2cccc(NC(=O)c3ccccc3)c2)c(C)c1. The van der Waals surface area contributed by atoms with Crippen LogP contribution in [0.5, 0.6) is 5.75 Å². The van der Waals surface area contributed by atoms with Gasteiger partial charge in [-0.05, 0) is 49.7 Å². The van der Waals surface area contributed by atoms with Gasteiger partial charge in [-0.3, -0.25) is 9.59 Å². The number of carbonyl (C=O) groups is 2. The standard InChI is InChI=1S/C23H22N2O3/c1-16-11-12-21(17(2)13-16)25-22(26)15-28-20-10-6-9-19(14-20)24-23(27)18-7-4-3-5-8-18/h3-14H,15H2,1-2H3,(H,24,27)(H,25,26). The summed E-state index contributed by atoms with van der Waals surface area (Å²) in [7, 11) is 0. The lowest BCUT2D eigenvalue weighted by molar-refractivity contribution is -0.118. The first kappa shape index (κ1) is 19.2. The van der Waals surface area contributed by atoms with E-state index in [4.69, 9.17) is 4.74 Å². The second-order valence-corrected chi connectivity index (χ2v) is 6.50. The maximum Gasteiger partial charge on any atom is 0.262 e. The van der Waals surface area contributed by atoms with E-state index in [2.05, 4.69) is 10.6 Å². The predicted octanol–water partition coefficient (Wildman–Crippen LogP) is 4.57. The first-order chi connectivity index (χ1) is 13.5. The molecule has 28 heavy (non-hydrogen) atoms. The number of benzene rings is 3. The fourth-order valence-corrected chi connectivity index (χ4v) is 2.75. The summed E-state index contributed by atoms with van der Waals surface area (Å²) in [4.78, 5) is 24.4.